The Bertz CT molecular complexity index is 1370. The van der Waals surface area contributed by atoms with Gasteiger partial charge < -0.3 is 36.2 Å². The average Bonchev–Trinajstić information content (AvgIpc) is 2.94. The van der Waals surface area contributed by atoms with Crippen LogP contribution in [0.2, 0.25) is 0 Å². The Kier molecular flexibility index (Phi) is 15.0. The van der Waals surface area contributed by atoms with Crippen LogP contribution in [0.25, 0.3) is 0 Å². The quantitative estimate of drug-likeness (QED) is 0.0638. The average molecular weight is 655 g/mol. The van der Waals surface area contributed by atoms with Crippen LogP contribution in [0.4, 0.5) is 0 Å². The van der Waals surface area contributed by atoms with E-state index in [1.807, 2.05) is 24.3 Å². The van der Waals surface area contributed by atoms with Gasteiger partial charge >= 0.3 is 5.97 Å². The number of nitrogens with one attached hydrogen (secondary N) is 2. The fourth-order valence-electron chi connectivity index (χ4n) is 4.92. The summed E-state index contributed by atoms with van der Waals surface area (Å²) in [5.74, 6) is -0.493. The largest absolute Gasteiger partial charge is 0.507 e. The Hall–Kier alpha value is -3.31. The molecule has 0 heterocycles. The minimum absolute atomic E-state index is 0.0608. The summed E-state index contributed by atoms with van der Waals surface area (Å²) in [5.41, 5.74) is 4.57. The summed E-state index contributed by atoms with van der Waals surface area (Å²) in [6.07, 6.45) is 3.25. The maximum absolute atomic E-state index is 11.1. The molecular formula is C37H58N4O6. The third kappa shape index (κ3) is 14.1. The minimum atomic E-state index is -1.34. The smallest absolute Gasteiger partial charge is 0.303 e. The number of nitrogens with zero attached hydrogens (tertiary/aromatic N) is 2. The van der Waals surface area contributed by atoms with Crippen molar-refractivity contribution < 1.29 is 30.3 Å². The van der Waals surface area contributed by atoms with Crippen LogP contribution >= 0.6 is 0 Å². The molecule has 262 valence electrons. The monoisotopic (exact) mass is 654 g/mol. The second kappa shape index (κ2) is 17.7. The first-order chi connectivity index (χ1) is 21.8. The van der Waals surface area contributed by atoms with Crippen LogP contribution in [0.3, 0.4) is 0 Å². The zero-order valence-corrected chi connectivity index (χ0v) is 29.7. The maximum Gasteiger partial charge on any atom is 0.303 e. The van der Waals surface area contributed by atoms with Gasteiger partial charge in [0.2, 0.25) is 0 Å². The van der Waals surface area contributed by atoms with E-state index in [0.717, 1.165) is 22.3 Å². The number of aromatic hydroxyl groups is 2. The molecule has 0 aliphatic rings. The molecule has 47 heavy (non-hydrogen) atoms. The van der Waals surface area contributed by atoms with Gasteiger partial charge in [-0.3, -0.25) is 14.8 Å². The standard InChI is InChI=1S/C37H58N4O6/c1-35(2,3)29-15-25(19-38-13-9-11-31(42)43)33(46)27(17-29)21-40-23-37(7,8)24-41-22-28-18-30(36(4,5)6)16-26(34(28)47)20-39-14-10-12-32(44)45/h15-20,31,40-43,46-47H,9-14,21-24H2,1-8H3,(H,44,45)/b38-19+,39-20+. The highest BCUT2D eigenvalue weighted by molar-refractivity contribution is 5.85. The van der Waals surface area contributed by atoms with Crippen molar-refractivity contribution in [1.82, 2.24) is 10.6 Å². The zero-order chi connectivity index (χ0) is 35.4. The number of rotatable bonds is 18. The lowest BCUT2D eigenvalue weighted by atomic mass is 9.84. The number of aliphatic hydroxyl groups is 2. The number of hydrogen-bond acceptors (Lipinski definition) is 9. The van der Waals surface area contributed by atoms with Crippen molar-refractivity contribution in [3.8, 4) is 11.5 Å². The Morgan fingerprint density at radius 2 is 1.17 bits per heavy atom. The van der Waals surface area contributed by atoms with Gasteiger partial charge in [0.25, 0.3) is 0 Å². The van der Waals surface area contributed by atoms with Crippen molar-refractivity contribution in [2.24, 2.45) is 15.4 Å². The van der Waals surface area contributed by atoms with Crippen LogP contribution in [0.1, 0.15) is 114 Å². The molecular weight excluding hydrogens is 596 g/mol. The second-order valence-electron chi connectivity index (χ2n) is 15.2. The van der Waals surface area contributed by atoms with E-state index in [4.69, 9.17) is 15.3 Å². The summed E-state index contributed by atoms with van der Waals surface area (Å²) >= 11 is 0. The minimum Gasteiger partial charge on any atom is -0.507 e. The Labute approximate surface area is 281 Å². The molecule has 2 rings (SSSR count). The van der Waals surface area contributed by atoms with Crippen LogP contribution in [0.15, 0.2) is 34.3 Å². The van der Waals surface area contributed by atoms with E-state index in [1.165, 1.54) is 0 Å². The summed E-state index contributed by atoms with van der Waals surface area (Å²) in [4.78, 5) is 19.5. The number of carboxylic acids is 1. The van der Waals surface area contributed by atoms with E-state index >= 15 is 0 Å². The number of aliphatic carboxylic acids is 1. The molecule has 10 nitrogen and oxygen atoms in total. The highest BCUT2D eigenvalue weighted by atomic mass is 16.5. The van der Waals surface area contributed by atoms with E-state index in [-0.39, 0.29) is 40.6 Å². The van der Waals surface area contributed by atoms with Gasteiger partial charge in [-0.15, -0.1) is 0 Å². The number of benzene rings is 2. The second-order valence-corrected chi connectivity index (χ2v) is 15.2. The maximum atomic E-state index is 11.1. The van der Waals surface area contributed by atoms with Crippen molar-refractivity contribution in [2.75, 3.05) is 26.2 Å². The summed E-state index contributed by atoms with van der Waals surface area (Å²) < 4.78 is 0. The van der Waals surface area contributed by atoms with E-state index in [0.29, 0.717) is 63.2 Å². The van der Waals surface area contributed by atoms with E-state index < -0.39 is 12.3 Å². The molecule has 0 radical (unpaired) electrons. The molecule has 0 bridgehead atoms. The van der Waals surface area contributed by atoms with Crippen LogP contribution in [-0.2, 0) is 28.7 Å². The first kappa shape index (κ1) is 39.9. The van der Waals surface area contributed by atoms with Crippen LogP contribution in [0, 0.1) is 5.41 Å². The van der Waals surface area contributed by atoms with E-state index in [9.17, 15) is 15.0 Å². The normalized spacial score (nSPS) is 13.0. The van der Waals surface area contributed by atoms with Gasteiger partial charge in [0.05, 0.1) is 0 Å². The third-order valence-electron chi connectivity index (χ3n) is 7.89. The molecule has 0 saturated carbocycles. The summed E-state index contributed by atoms with van der Waals surface area (Å²) in [5, 5.41) is 56.1. The molecule has 0 amide bonds. The van der Waals surface area contributed by atoms with Gasteiger partial charge in [-0.1, -0.05) is 67.5 Å². The van der Waals surface area contributed by atoms with Crippen molar-refractivity contribution >= 4 is 18.4 Å². The molecule has 0 aromatic heterocycles. The fourth-order valence-corrected chi connectivity index (χ4v) is 4.92. The molecule has 7 N–H and O–H groups in total. The SMILES string of the molecule is CC(C)(CNCc1cc(C(C)(C)C)cc(/C=N/CCCC(=O)O)c1O)CNCc1cc(C(C)(C)C)cc(/C=N/CCCC(O)O)c1O. The first-order valence-electron chi connectivity index (χ1n) is 16.5. The molecule has 0 saturated heterocycles. The molecule has 0 spiro atoms. The predicted octanol–water partition coefficient (Wildman–Crippen LogP) is 5.39. The number of carbonyl (C=O) groups is 1. The summed E-state index contributed by atoms with van der Waals surface area (Å²) in [7, 11) is 0. The van der Waals surface area contributed by atoms with Gasteiger partial charge in [0.1, 0.15) is 11.5 Å². The molecule has 2 aromatic carbocycles. The molecule has 0 fully saturated rings. The highest BCUT2D eigenvalue weighted by Crippen LogP contribution is 2.32. The lowest BCUT2D eigenvalue weighted by Gasteiger charge is -2.27. The van der Waals surface area contributed by atoms with Crippen molar-refractivity contribution in [2.45, 2.75) is 111 Å². The van der Waals surface area contributed by atoms with Gasteiger partial charge in [0.15, 0.2) is 6.29 Å². The van der Waals surface area contributed by atoms with Crippen molar-refractivity contribution in [3.05, 3.63) is 57.6 Å². The third-order valence-corrected chi connectivity index (χ3v) is 7.89. The summed E-state index contributed by atoms with van der Waals surface area (Å²) in [6, 6.07) is 7.96. The number of phenolic OH excluding ortho intramolecular Hbond substituents is 2. The predicted molar refractivity (Wildman–Crippen MR) is 190 cm³/mol. The van der Waals surface area contributed by atoms with Gasteiger partial charge in [-0.05, 0) is 58.8 Å². The Morgan fingerprint density at radius 3 is 1.55 bits per heavy atom. The number of aliphatic hydroxyl groups excluding tert-OH is 1. The molecule has 2 aromatic rings. The lowest BCUT2D eigenvalue weighted by molar-refractivity contribution is -0.137. The van der Waals surface area contributed by atoms with Crippen LogP contribution < -0.4 is 10.6 Å². The summed E-state index contributed by atoms with van der Waals surface area (Å²) in [6.45, 7) is 20.2. The van der Waals surface area contributed by atoms with Crippen LogP contribution in [0.5, 0.6) is 11.5 Å². The topological polar surface area (TPSA) is 167 Å². The Balaban J connectivity index is 2.08. The number of phenols is 2. The molecule has 0 aliphatic carbocycles. The number of hydrogen-bond donors (Lipinski definition) is 7. The fraction of sp³-hybridized carbons (Fsp3) is 0.595. The van der Waals surface area contributed by atoms with E-state index in [1.54, 1.807) is 12.4 Å². The van der Waals surface area contributed by atoms with Crippen molar-refractivity contribution in [3.63, 3.8) is 0 Å². The molecule has 10 heteroatoms. The Morgan fingerprint density at radius 1 is 0.745 bits per heavy atom. The van der Waals surface area contributed by atoms with Gasteiger partial charge in [-0.2, -0.15) is 0 Å². The van der Waals surface area contributed by atoms with E-state index in [2.05, 4.69) is 76.0 Å². The van der Waals surface area contributed by atoms with Gasteiger partial charge in [-0.25, -0.2) is 0 Å². The number of carboxylic acid groups (broad SMARTS) is 1. The highest BCUT2D eigenvalue weighted by Gasteiger charge is 2.22. The van der Waals surface area contributed by atoms with Crippen LogP contribution in [-0.4, -0.2) is 76.4 Å². The van der Waals surface area contributed by atoms with Crippen molar-refractivity contribution in [1.29, 1.82) is 0 Å². The molecule has 0 atom stereocenters. The molecule has 0 unspecified atom stereocenters. The zero-order valence-electron chi connectivity index (χ0n) is 29.7. The van der Waals surface area contributed by atoms with Gasteiger partial charge in [0, 0.05) is 80.4 Å². The molecule has 0 aliphatic heterocycles. The first-order valence-corrected chi connectivity index (χ1v) is 16.5. The lowest BCUT2D eigenvalue weighted by Crippen LogP contribution is -2.37. The number of aliphatic imine (C=N–C) groups is 2.